The second-order valence-corrected chi connectivity index (χ2v) is 16.6. The van der Waals surface area contributed by atoms with Crippen LogP contribution >= 0.6 is 0 Å². The van der Waals surface area contributed by atoms with Crippen LogP contribution in [0.25, 0.3) is 0 Å². The third-order valence-electron chi connectivity index (χ3n) is 11.5. The van der Waals surface area contributed by atoms with Crippen LogP contribution in [-0.2, 0) is 37.0 Å². The molecule has 370 valence electrons. The van der Waals surface area contributed by atoms with Crippen LogP contribution in [0.15, 0.2) is 76.8 Å². The molecule has 2 fully saturated rings. The summed E-state index contributed by atoms with van der Waals surface area (Å²) in [6, 6.07) is 12.1. The maximum atomic E-state index is 13.6. The van der Waals surface area contributed by atoms with Crippen molar-refractivity contribution in [2.24, 2.45) is 9.98 Å². The Labute approximate surface area is 406 Å². The SMILES string of the molecule is C=C1C[C@H]2C=Nc3cc(OCc4cc(C#CCNC(=O)CCOCCOCCOCCOCCNC(=O)O)cc(COc5cc6c(cc5OC)C(=O)N5CC(=C)C[C@H]5C=N6)c4)c(OC)cc3C(=O)N2C1. The number of nitrogens with one attached hydrogen (secondary N) is 2. The van der Waals surface area contributed by atoms with Gasteiger partial charge in [0.25, 0.3) is 11.8 Å². The van der Waals surface area contributed by atoms with Crippen molar-refractivity contribution in [1.82, 2.24) is 20.4 Å². The fraction of sp³-hybridized carbons (Fsp3) is 0.412. The van der Waals surface area contributed by atoms with Crippen molar-refractivity contribution in [3.8, 4) is 34.8 Å². The van der Waals surface area contributed by atoms with Gasteiger partial charge >= 0.3 is 6.09 Å². The summed E-state index contributed by atoms with van der Waals surface area (Å²) in [5.41, 5.74) is 5.88. The fourth-order valence-electron chi connectivity index (χ4n) is 8.07. The summed E-state index contributed by atoms with van der Waals surface area (Å²) >= 11 is 0. The first-order chi connectivity index (χ1) is 34.0. The van der Waals surface area contributed by atoms with Crippen LogP contribution < -0.4 is 29.6 Å². The maximum absolute atomic E-state index is 13.6. The quantitative estimate of drug-likeness (QED) is 0.0611. The highest BCUT2D eigenvalue weighted by atomic mass is 16.6. The molecule has 0 radical (unpaired) electrons. The van der Waals surface area contributed by atoms with Crippen molar-refractivity contribution in [2.75, 3.05) is 93.3 Å². The van der Waals surface area contributed by atoms with Gasteiger partial charge in [0, 0.05) is 56.2 Å². The van der Waals surface area contributed by atoms with Gasteiger partial charge in [-0.2, -0.15) is 0 Å². The highest BCUT2D eigenvalue weighted by molar-refractivity contribution is 6.04. The number of benzene rings is 3. The van der Waals surface area contributed by atoms with Crippen LogP contribution in [0, 0.1) is 11.8 Å². The average molecular weight is 963 g/mol. The van der Waals surface area contributed by atoms with Crippen molar-refractivity contribution in [3.05, 3.63) is 94.6 Å². The molecule has 19 heteroatoms. The van der Waals surface area contributed by atoms with Crippen LogP contribution in [0.2, 0.25) is 0 Å². The van der Waals surface area contributed by atoms with Crippen LogP contribution in [0.1, 0.15) is 56.7 Å². The van der Waals surface area contributed by atoms with Gasteiger partial charge in [0.1, 0.15) is 13.2 Å². The van der Waals surface area contributed by atoms with Crippen LogP contribution in [0.5, 0.6) is 23.0 Å². The molecule has 0 aliphatic carbocycles. The van der Waals surface area contributed by atoms with E-state index in [9.17, 15) is 19.2 Å². The number of carboxylic acid groups (broad SMARTS) is 1. The molecule has 4 aliphatic rings. The second kappa shape index (κ2) is 24.9. The van der Waals surface area contributed by atoms with Gasteiger partial charge in [0.15, 0.2) is 23.0 Å². The molecular weight excluding hydrogens is 905 g/mol. The van der Waals surface area contributed by atoms with Crippen LogP contribution in [0.3, 0.4) is 0 Å². The Morgan fingerprint density at radius 3 is 1.64 bits per heavy atom. The molecule has 0 unspecified atom stereocenters. The molecule has 3 aromatic rings. The molecule has 3 aromatic carbocycles. The molecule has 2 atom stereocenters. The Morgan fingerprint density at radius 2 is 1.16 bits per heavy atom. The number of rotatable bonds is 24. The number of carbonyl (C=O) groups is 4. The number of hydrogen-bond acceptors (Lipinski definition) is 14. The van der Waals surface area contributed by atoms with Gasteiger partial charge in [-0.1, -0.05) is 36.1 Å². The molecule has 0 bridgehead atoms. The van der Waals surface area contributed by atoms with E-state index in [4.69, 9.17) is 43.0 Å². The smallest absolute Gasteiger partial charge is 0.404 e. The Hall–Kier alpha value is -7.24. The highest BCUT2D eigenvalue weighted by Gasteiger charge is 2.35. The fourth-order valence-corrected chi connectivity index (χ4v) is 8.07. The molecule has 2 saturated heterocycles. The minimum absolute atomic E-state index is 0.0920. The monoisotopic (exact) mass is 962 g/mol. The molecule has 7 rings (SSSR count). The number of hydrogen-bond donors (Lipinski definition) is 3. The molecule has 70 heavy (non-hydrogen) atoms. The zero-order chi connectivity index (χ0) is 49.4. The first-order valence-electron chi connectivity index (χ1n) is 22.9. The number of fused-ring (bicyclic) bond motifs is 4. The first kappa shape index (κ1) is 50.6. The van der Waals surface area contributed by atoms with Gasteiger partial charge in [-0.05, 0) is 54.3 Å². The molecule has 4 aliphatic heterocycles. The van der Waals surface area contributed by atoms with E-state index in [1.165, 1.54) is 14.2 Å². The van der Waals surface area contributed by atoms with Crippen LogP contribution in [0.4, 0.5) is 16.2 Å². The highest BCUT2D eigenvalue weighted by Crippen LogP contribution is 2.40. The Morgan fingerprint density at radius 1 is 0.671 bits per heavy atom. The van der Waals surface area contributed by atoms with Crippen molar-refractivity contribution in [3.63, 3.8) is 0 Å². The average Bonchev–Trinajstić information content (AvgIpc) is 3.86. The van der Waals surface area contributed by atoms with E-state index in [-0.39, 0.29) is 75.7 Å². The molecule has 19 nitrogen and oxygen atoms in total. The number of aliphatic imine (C=N–C) groups is 2. The zero-order valence-corrected chi connectivity index (χ0v) is 39.4. The van der Waals surface area contributed by atoms with Gasteiger partial charge in [-0.15, -0.1) is 0 Å². The molecule has 4 amide bonds. The van der Waals surface area contributed by atoms with Crippen molar-refractivity contribution >= 4 is 47.6 Å². The summed E-state index contributed by atoms with van der Waals surface area (Å²) in [6.45, 7) is 12.1. The third kappa shape index (κ3) is 13.7. The standard InChI is InChI=1S/C51H58N6O13/c1-33-18-38-27-54-42-25-46(44(63-3)23-40(42)49(59)56(38)29-33)69-31-36-20-35(6-5-8-52-48(58)7-10-65-12-14-67-16-17-68-15-13-66-11-9-53-51(61)62)21-37(22-36)32-70-47-26-43-41(24-45(47)64-4)50(60)57-30-34(2)19-39(57)28-55-43/h20-28,38-39,53H,1-2,7-19,29-32H2,3-4H3,(H,52,58)(H,61,62)/t38-,39-/m0/s1. The minimum Gasteiger partial charge on any atom is -0.493 e. The lowest BCUT2D eigenvalue weighted by atomic mass is 10.1. The minimum atomic E-state index is -1.09. The van der Waals surface area contributed by atoms with E-state index in [0.29, 0.717) is 117 Å². The number of amides is 4. The second-order valence-electron chi connectivity index (χ2n) is 16.6. The summed E-state index contributed by atoms with van der Waals surface area (Å²) < 4.78 is 45.8. The van der Waals surface area contributed by atoms with Gasteiger partial charge in [0.2, 0.25) is 5.91 Å². The Balaban J connectivity index is 0.956. The number of nitrogens with zero attached hydrogens (tertiary/aromatic N) is 4. The Kier molecular flexibility index (Phi) is 18.0. The first-order valence-corrected chi connectivity index (χ1v) is 22.9. The molecule has 0 saturated carbocycles. The van der Waals surface area contributed by atoms with Crippen molar-refractivity contribution in [2.45, 2.75) is 44.6 Å². The van der Waals surface area contributed by atoms with Gasteiger partial charge < -0.3 is 63.4 Å². The lowest BCUT2D eigenvalue weighted by Gasteiger charge is -2.20. The van der Waals surface area contributed by atoms with E-state index >= 15 is 0 Å². The predicted octanol–water partition coefficient (Wildman–Crippen LogP) is 5.03. The van der Waals surface area contributed by atoms with E-state index < -0.39 is 6.09 Å². The molecule has 0 aromatic heterocycles. The lowest BCUT2D eigenvalue weighted by molar-refractivity contribution is -0.122. The van der Waals surface area contributed by atoms with Gasteiger partial charge in [0.05, 0.1) is 108 Å². The number of carbonyl (C=O) groups excluding carboxylic acids is 3. The van der Waals surface area contributed by atoms with Gasteiger partial charge in [-0.25, -0.2) is 4.79 Å². The molecule has 0 spiro atoms. The molecular formula is C51H58N6O13. The van der Waals surface area contributed by atoms with Crippen molar-refractivity contribution in [1.29, 1.82) is 0 Å². The summed E-state index contributed by atoms with van der Waals surface area (Å²) in [5, 5.41) is 13.5. The molecule has 3 N–H and O–H groups in total. The number of methoxy groups -OCH3 is 2. The van der Waals surface area contributed by atoms with E-state index in [1.807, 2.05) is 18.2 Å². The summed E-state index contributed by atoms with van der Waals surface area (Å²) in [6.07, 6.45) is 3.93. The van der Waals surface area contributed by atoms with Gasteiger partial charge in [-0.3, -0.25) is 24.4 Å². The third-order valence-corrected chi connectivity index (χ3v) is 11.5. The topological polar surface area (TPSA) is 218 Å². The zero-order valence-electron chi connectivity index (χ0n) is 39.4. The predicted molar refractivity (Wildman–Crippen MR) is 258 cm³/mol. The maximum Gasteiger partial charge on any atom is 0.404 e. The van der Waals surface area contributed by atoms with Crippen molar-refractivity contribution < 1.29 is 62.2 Å². The van der Waals surface area contributed by atoms with E-state index in [1.54, 1.807) is 46.5 Å². The normalized spacial score (nSPS) is 16.6. The Bertz CT molecular complexity index is 2440. The lowest BCUT2D eigenvalue weighted by Crippen LogP contribution is -2.35. The van der Waals surface area contributed by atoms with E-state index in [0.717, 1.165) is 22.3 Å². The largest absolute Gasteiger partial charge is 0.493 e. The van der Waals surface area contributed by atoms with E-state index in [2.05, 4.69) is 45.6 Å². The summed E-state index contributed by atoms with van der Waals surface area (Å²) in [5.74, 6) is 7.21. The van der Waals surface area contributed by atoms with Crippen LogP contribution in [-0.4, -0.2) is 156 Å². The molecule has 4 heterocycles. The summed E-state index contributed by atoms with van der Waals surface area (Å²) in [7, 11) is 3.03. The number of ether oxygens (including phenoxy) is 8. The summed E-state index contributed by atoms with van der Waals surface area (Å²) in [4.78, 5) is 62.9.